The fourth-order valence-corrected chi connectivity index (χ4v) is 0.664. The summed E-state index contributed by atoms with van der Waals surface area (Å²) in [4.78, 5) is 21.1. The largest absolute Gasteiger partial charge is 0.507 e. The Morgan fingerprint density at radius 2 is 2.27 bits per heavy atom. The highest BCUT2D eigenvalue weighted by atomic mass is 16.4. The van der Waals surface area contributed by atoms with Crippen molar-refractivity contribution in [3.63, 3.8) is 0 Å². The van der Waals surface area contributed by atoms with Gasteiger partial charge in [-0.1, -0.05) is 0 Å². The van der Waals surface area contributed by atoms with E-state index in [-0.39, 0.29) is 17.1 Å². The molecule has 0 atom stereocenters. The first-order chi connectivity index (χ1) is 5.11. The molecule has 0 unspecified atom stereocenters. The van der Waals surface area contributed by atoms with E-state index in [1.165, 1.54) is 6.92 Å². The van der Waals surface area contributed by atoms with Crippen LogP contribution < -0.4 is 5.63 Å². The van der Waals surface area contributed by atoms with Crippen LogP contribution in [-0.2, 0) is 0 Å². The quantitative estimate of drug-likeness (QED) is 0.599. The first-order valence-corrected chi connectivity index (χ1v) is 2.94. The van der Waals surface area contributed by atoms with E-state index in [1.807, 2.05) is 0 Å². The predicted molar refractivity (Wildman–Crippen MR) is 36.6 cm³/mol. The lowest BCUT2D eigenvalue weighted by atomic mass is 10.2. The standard InChI is InChI=1S/C7H6O4/c1-4(8)5-3-11-7(10)2-6(5)9/h2-3,9H,1H3. The van der Waals surface area contributed by atoms with Gasteiger partial charge >= 0.3 is 5.63 Å². The van der Waals surface area contributed by atoms with Gasteiger partial charge in [-0.3, -0.25) is 4.79 Å². The maximum atomic E-state index is 10.7. The van der Waals surface area contributed by atoms with Crippen molar-refractivity contribution >= 4 is 5.78 Å². The van der Waals surface area contributed by atoms with Crippen LogP contribution >= 0.6 is 0 Å². The Morgan fingerprint density at radius 3 is 2.73 bits per heavy atom. The second-order valence-electron chi connectivity index (χ2n) is 2.05. The number of carbonyl (C=O) groups is 1. The Hall–Kier alpha value is -1.58. The van der Waals surface area contributed by atoms with Crippen molar-refractivity contribution in [3.05, 3.63) is 28.3 Å². The molecule has 58 valence electrons. The van der Waals surface area contributed by atoms with Crippen molar-refractivity contribution in [1.82, 2.24) is 0 Å². The Bertz CT molecular complexity index is 337. The normalized spacial score (nSPS) is 9.55. The lowest BCUT2D eigenvalue weighted by Gasteiger charge is -1.95. The molecule has 0 bridgehead atoms. The van der Waals surface area contributed by atoms with E-state index >= 15 is 0 Å². The second-order valence-corrected chi connectivity index (χ2v) is 2.05. The van der Waals surface area contributed by atoms with E-state index < -0.39 is 5.63 Å². The minimum atomic E-state index is -0.674. The first kappa shape index (κ1) is 7.53. The molecular formula is C7H6O4. The Kier molecular flexibility index (Phi) is 1.76. The molecule has 1 rings (SSSR count). The molecule has 4 nitrogen and oxygen atoms in total. The van der Waals surface area contributed by atoms with Crippen LogP contribution in [-0.4, -0.2) is 10.9 Å². The van der Waals surface area contributed by atoms with Crippen LogP contribution in [0.15, 0.2) is 21.5 Å². The fraction of sp³-hybridized carbons (Fsp3) is 0.143. The van der Waals surface area contributed by atoms with Crippen LogP contribution in [0, 0.1) is 0 Å². The van der Waals surface area contributed by atoms with E-state index in [4.69, 9.17) is 5.11 Å². The Balaban J connectivity index is 3.31. The Labute approximate surface area is 62.1 Å². The van der Waals surface area contributed by atoms with Crippen molar-refractivity contribution in [2.24, 2.45) is 0 Å². The van der Waals surface area contributed by atoms with Gasteiger partial charge in [0.2, 0.25) is 0 Å². The van der Waals surface area contributed by atoms with Gasteiger partial charge in [-0.2, -0.15) is 0 Å². The van der Waals surface area contributed by atoms with Gasteiger partial charge in [0.15, 0.2) is 5.78 Å². The van der Waals surface area contributed by atoms with Gasteiger partial charge in [0.25, 0.3) is 0 Å². The topological polar surface area (TPSA) is 67.5 Å². The zero-order valence-corrected chi connectivity index (χ0v) is 5.83. The average Bonchev–Trinajstić information content (AvgIpc) is 1.85. The third-order valence-electron chi connectivity index (χ3n) is 1.20. The van der Waals surface area contributed by atoms with Crippen molar-refractivity contribution in [2.75, 3.05) is 0 Å². The molecule has 1 aromatic rings. The van der Waals surface area contributed by atoms with E-state index in [0.29, 0.717) is 0 Å². The van der Waals surface area contributed by atoms with Crippen LogP contribution in [0.1, 0.15) is 17.3 Å². The van der Waals surface area contributed by atoms with Gasteiger partial charge in [-0.25, -0.2) is 4.79 Å². The summed E-state index contributed by atoms with van der Waals surface area (Å²) in [5.74, 6) is -0.681. The summed E-state index contributed by atoms with van der Waals surface area (Å²) in [6.07, 6.45) is 0.944. The van der Waals surface area contributed by atoms with E-state index in [0.717, 1.165) is 12.3 Å². The molecule has 1 heterocycles. The zero-order valence-electron chi connectivity index (χ0n) is 5.83. The molecule has 0 saturated carbocycles. The number of ketones is 1. The van der Waals surface area contributed by atoms with Crippen LogP contribution in [0.4, 0.5) is 0 Å². The summed E-state index contributed by atoms with van der Waals surface area (Å²) in [5, 5.41) is 8.98. The number of hydrogen-bond donors (Lipinski definition) is 1. The maximum Gasteiger partial charge on any atom is 0.339 e. The smallest absolute Gasteiger partial charge is 0.339 e. The number of Topliss-reactive ketones (excluding diaryl/α,β-unsaturated/α-hetero) is 1. The van der Waals surface area contributed by atoms with Crippen LogP contribution in [0.3, 0.4) is 0 Å². The predicted octanol–water partition coefficient (Wildman–Crippen LogP) is 0.548. The van der Waals surface area contributed by atoms with E-state index in [9.17, 15) is 9.59 Å². The van der Waals surface area contributed by atoms with Gasteiger partial charge in [0, 0.05) is 0 Å². The highest BCUT2D eigenvalue weighted by molar-refractivity contribution is 5.96. The molecule has 1 N–H and O–H groups in total. The molecule has 1 aromatic heterocycles. The van der Waals surface area contributed by atoms with E-state index in [1.54, 1.807) is 0 Å². The molecule has 0 amide bonds. The summed E-state index contributed by atoms with van der Waals surface area (Å²) in [6, 6.07) is 0.858. The summed E-state index contributed by atoms with van der Waals surface area (Å²) < 4.78 is 4.36. The molecule has 0 fully saturated rings. The van der Waals surface area contributed by atoms with Crippen molar-refractivity contribution in [3.8, 4) is 5.75 Å². The lowest BCUT2D eigenvalue weighted by molar-refractivity contribution is 0.101. The molecular weight excluding hydrogens is 148 g/mol. The van der Waals surface area contributed by atoms with Crippen LogP contribution in [0.25, 0.3) is 0 Å². The summed E-state index contributed by atoms with van der Waals surface area (Å²) in [5.41, 5.74) is -0.655. The number of hydrogen-bond acceptors (Lipinski definition) is 4. The molecule has 0 aromatic carbocycles. The van der Waals surface area contributed by atoms with Crippen LogP contribution in [0.5, 0.6) is 5.75 Å². The minimum Gasteiger partial charge on any atom is -0.507 e. The summed E-state index contributed by atoms with van der Waals surface area (Å²) >= 11 is 0. The number of carbonyl (C=O) groups excluding carboxylic acids is 1. The van der Waals surface area contributed by atoms with Gasteiger partial charge in [-0.05, 0) is 6.92 Å². The zero-order chi connectivity index (χ0) is 8.43. The third-order valence-corrected chi connectivity index (χ3v) is 1.20. The molecule has 0 radical (unpaired) electrons. The maximum absolute atomic E-state index is 10.7. The lowest BCUT2D eigenvalue weighted by Crippen LogP contribution is -2.00. The average molecular weight is 154 g/mol. The molecule has 4 heteroatoms. The summed E-state index contributed by atoms with van der Waals surface area (Å²) in [6.45, 7) is 1.27. The molecule has 0 aliphatic rings. The molecule has 0 aliphatic carbocycles. The second kappa shape index (κ2) is 2.57. The first-order valence-electron chi connectivity index (χ1n) is 2.94. The van der Waals surface area contributed by atoms with Gasteiger partial charge in [-0.15, -0.1) is 0 Å². The number of aromatic hydroxyl groups is 1. The number of rotatable bonds is 1. The monoisotopic (exact) mass is 154 g/mol. The summed E-state index contributed by atoms with van der Waals surface area (Å²) in [7, 11) is 0. The van der Waals surface area contributed by atoms with Crippen molar-refractivity contribution in [2.45, 2.75) is 6.92 Å². The molecule has 0 aliphatic heterocycles. The van der Waals surface area contributed by atoms with Gasteiger partial charge in [0.1, 0.15) is 12.0 Å². The Morgan fingerprint density at radius 1 is 1.64 bits per heavy atom. The van der Waals surface area contributed by atoms with Crippen molar-refractivity contribution in [1.29, 1.82) is 0 Å². The van der Waals surface area contributed by atoms with Crippen LogP contribution in [0.2, 0.25) is 0 Å². The van der Waals surface area contributed by atoms with E-state index in [2.05, 4.69) is 4.42 Å². The molecule has 0 saturated heterocycles. The SMILES string of the molecule is CC(=O)c1coc(=O)cc1O. The van der Waals surface area contributed by atoms with Gasteiger partial charge < -0.3 is 9.52 Å². The highest BCUT2D eigenvalue weighted by Crippen LogP contribution is 2.12. The fourth-order valence-electron chi connectivity index (χ4n) is 0.664. The molecule has 0 spiro atoms. The highest BCUT2D eigenvalue weighted by Gasteiger charge is 2.06. The minimum absolute atomic E-state index is 0.0181. The van der Waals surface area contributed by atoms with Crippen molar-refractivity contribution < 1.29 is 14.3 Å². The third kappa shape index (κ3) is 1.46. The molecule has 11 heavy (non-hydrogen) atoms. The van der Waals surface area contributed by atoms with Gasteiger partial charge in [0.05, 0.1) is 11.6 Å².